The normalized spacial score (nSPS) is 15.4. The first-order chi connectivity index (χ1) is 12.8. The number of rotatable bonds is 7. The first-order valence-corrected chi connectivity index (χ1v) is 10.2. The number of para-hydroxylation sites is 2. The van der Waals surface area contributed by atoms with Crippen LogP contribution in [0.1, 0.15) is 0 Å². The zero-order chi connectivity index (χ0) is 19.6. The molecule has 2 aromatic rings. The smallest absolute Gasteiger partial charge is 0.331 e. The van der Waals surface area contributed by atoms with E-state index < -0.39 is 16.0 Å². The molecule has 0 amide bonds. The van der Waals surface area contributed by atoms with Crippen LogP contribution >= 0.6 is 11.6 Å². The van der Waals surface area contributed by atoms with Crippen LogP contribution in [-0.2, 0) is 14.9 Å². The average molecular weight is 414 g/mol. The van der Waals surface area contributed by atoms with Crippen molar-refractivity contribution in [3.05, 3.63) is 53.3 Å². The predicted molar refractivity (Wildman–Crippen MR) is 106 cm³/mol. The number of likely N-dealkylation sites (N-methyl/N-ethyl adjacent to an activating group) is 1. The van der Waals surface area contributed by atoms with E-state index in [1.54, 1.807) is 24.3 Å². The summed E-state index contributed by atoms with van der Waals surface area (Å²) in [6.07, 6.45) is 0. The number of halogens is 2. The molecule has 0 saturated carbocycles. The van der Waals surface area contributed by atoms with Crippen LogP contribution in [0.5, 0.6) is 0 Å². The van der Waals surface area contributed by atoms with E-state index in [4.69, 9.17) is 16.3 Å². The van der Waals surface area contributed by atoms with Gasteiger partial charge in [0.25, 0.3) is 0 Å². The van der Waals surface area contributed by atoms with Gasteiger partial charge in [-0.3, -0.25) is 0 Å². The van der Waals surface area contributed by atoms with E-state index in [2.05, 4.69) is 0 Å². The highest BCUT2D eigenvalue weighted by molar-refractivity contribution is 7.95. The SMILES string of the molecule is CN(C)CCOCCN1c2ccccc2N(c2ccc(F)cc2Cl)S1(=O)=O. The molecular formula is C18H21ClFN3O3S. The summed E-state index contributed by atoms with van der Waals surface area (Å²) in [6, 6.07) is 10.6. The third-order valence-corrected chi connectivity index (χ3v) is 6.22. The second-order valence-electron chi connectivity index (χ2n) is 6.34. The number of hydrogen-bond acceptors (Lipinski definition) is 4. The summed E-state index contributed by atoms with van der Waals surface area (Å²) in [5.41, 5.74) is 1.22. The molecule has 6 nitrogen and oxygen atoms in total. The maximum Gasteiger partial charge on any atom is 0.331 e. The number of fused-ring (bicyclic) bond motifs is 1. The predicted octanol–water partition coefficient (Wildman–Crippen LogP) is 3.26. The van der Waals surface area contributed by atoms with Gasteiger partial charge in [-0.2, -0.15) is 8.42 Å². The van der Waals surface area contributed by atoms with E-state index >= 15 is 0 Å². The quantitative estimate of drug-likeness (QED) is 0.654. The lowest BCUT2D eigenvalue weighted by molar-refractivity contribution is 0.124. The summed E-state index contributed by atoms with van der Waals surface area (Å²) in [7, 11) is -0.0309. The first-order valence-electron chi connectivity index (χ1n) is 8.42. The summed E-state index contributed by atoms with van der Waals surface area (Å²) in [5.74, 6) is -0.528. The molecule has 0 N–H and O–H groups in total. The lowest BCUT2D eigenvalue weighted by atomic mass is 10.2. The van der Waals surface area contributed by atoms with Crippen LogP contribution in [0.15, 0.2) is 42.5 Å². The van der Waals surface area contributed by atoms with Crippen molar-refractivity contribution in [1.29, 1.82) is 0 Å². The Morgan fingerprint density at radius 1 is 1.07 bits per heavy atom. The molecule has 2 aromatic carbocycles. The highest BCUT2D eigenvalue weighted by Crippen LogP contribution is 2.46. The van der Waals surface area contributed by atoms with Gasteiger partial charge in [-0.1, -0.05) is 23.7 Å². The van der Waals surface area contributed by atoms with E-state index in [0.29, 0.717) is 18.0 Å². The van der Waals surface area contributed by atoms with Crippen molar-refractivity contribution >= 4 is 38.9 Å². The molecule has 0 aromatic heterocycles. The van der Waals surface area contributed by atoms with Crippen LogP contribution in [0.2, 0.25) is 5.02 Å². The minimum atomic E-state index is -3.91. The van der Waals surface area contributed by atoms with Crippen molar-refractivity contribution in [2.45, 2.75) is 0 Å². The maximum atomic E-state index is 13.4. The summed E-state index contributed by atoms with van der Waals surface area (Å²) < 4.78 is 47.8. The van der Waals surface area contributed by atoms with Gasteiger partial charge in [0.2, 0.25) is 0 Å². The summed E-state index contributed by atoms with van der Waals surface area (Å²) in [6.45, 7) is 1.69. The third kappa shape index (κ3) is 4.03. The highest BCUT2D eigenvalue weighted by atomic mass is 35.5. The second kappa shape index (κ2) is 8.02. The molecule has 0 spiro atoms. The van der Waals surface area contributed by atoms with Gasteiger partial charge in [-0.25, -0.2) is 13.0 Å². The molecule has 0 unspecified atom stereocenters. The van der Waals surface area contributed by atoms with Gasteiger partial charge in [0, 0.05) is 6.54 Å². The van der Waals surface area contributed by atoms with Crippen LogP contribution in [0.4, 0.5) is 21.5 Å². The fourth-order valence-corrected chi connectivity index (χ4v) is 4.84. The van der Waals surface area contributed by atoms with Crippen LogP contribution in [0.3, 0.4) is 0 Å². The van der Waals surface area contributed by atoms with Gasteiger partial charge in [-0.05, 0) is 44.4 Å². The molecule has 0 radical (unpaired) electrons. The molecule has 1 aliphatic heterocycles. The number of anilines is 3. The molecule has 3 rings (SSSR count). The molecule has 9 heteroatoms. The molecule has 1 aliphatic rings. The molecule has 0 aliphatic carbocycles. The Morgan fingerprint density at radius 3 is 2.44 bits per heavy atom. The van der Waals surface area contributed by atoms with Crippen LogP contribution in [-0.4, -0.2) is 53.7 Å². The van der Waals surface area contributed by atoms with Gasteiger partial charge in [0.1, 0.15) is 5.82 Å². The van der Waals surface area contributed by atoms with E-state index in [-0.39, 0.29) is 23.9 Å². The Kier molecular flexibility index (Phi) is 5.90. The monoisotopic (exact) mass is 413 g/mol. The molecule has 0 bridgehead atoms. The van der Waals surface area contributed by atoms with Crippen molar-refractivity contribution in [2.24, 2.45) is 0 Å². The fraction of sp³-hybridized carbons (Fsp3) is 0.333. The van der Waals surface area contributed by atoms with Crippen molar-refractivity contribution in [2.75, 3.05) is 49.0 Å². The van der Waals surface area contributed by atoms with Gasteiger partial charge < -0.3 is 9.64 Å². The molecular weight excluding hydrogens is 393 g/mol. The lowest BCUT2D eigenvalue weighted by Gasteiger charge is -2.22. The Bertz CT molecular complexity index is 924. The molecule has 0 atom stereocenters. The molecule has 0 saturated heterocycles. The Hall–Kier alpha value is -1.87. The van der Waals surface area contributed by atoms with E-state index in [0.717, 1.165) is 16.9 Å². The molecule has 1 heterocycles. The number of nitrogens with zero attached hydrogens (tertiary/aromatic N) is 3. The van der Waals surface area contributed by atoms with Crippen molar-refractivity contribution < 1.29 is 17.5 Å². The van der Waals surface area contributed by atoms with Crippen LogP contribution in [0, 0.1) is 5.82 Å². The zero-order valence-electron chi connectivity index (χ0n) is 15.1. The Morgan fingerprint density at radius 2 is 1.78 bits per heavy atom. The average Bonchev–Trinajstić information content (AvgIpc) is 2.82. The minimum Gasteiger partial charge on any atom is -0.378 e. The number of benzene rings is 2. The third-order valence-electron chi connectivity index (χ3n) is 4.13. The highest BCUT2D eigenvalue weighted by Gasteiger charge is 2.41. The van der Waals surface area contributed by atoms with Gasteiger partial charge >= 0.3 is 10.2 Å². The van der Waals surface area contributed by atoms with E-state index in [9.17, 15) is 12.8 Å². The Labute approximate surface area is 163 Å². The fourth-order valence-electron chi connectivity index (χ4n) is 2.83. The van der Waals surface area contributed by atoms with Gasteiger partial charge in [-0.15, -0.1) is 0 Å². The van der Waals surface area contributed by atoms with Gasteiger partial charge in [0.05, 0.1) is 41.8 Å². The van der Waals surface area contributed by atoms with Crippen molar-refractivity contribution in [3.8, 4) is 0 Å². The second-order valence-corrected chi connectivity index (χ2v) is 8.45. The summed E-state index contributed by atoms with van der Waals surface area (Å²) in [4.78, 5) is 1.99. The van der Waals surface area contributed by atoms with E-state index in [1.165, 1.54) is 16.4 Å². The summed E-state index contributed by atoms with van der Waals surface area (Å²) >= 11 is 6.13. The molecule has 27 heavy (non-hydrogen) atoms. The zero-order valence-corrected chi connectivity index (χ0v) is 16.7. The number of ether oxygens (including phenoxy) is 1. The standard InChI is InChI=1S/C18H21ClFN3O3S/c1-21(2)9-11-26-12-10-22-17-5-3-4-6-18(17)23(27(22,24)25)16-8-7-14(20)13-15(16)19/h3-8,13H,9-12H2,1-2H3. The van der Waals surface area contributed by atoms with Crippen molar-refractivity contribution in [1.82, 2.24) is 4.90 Å². The molecule has 0 fully saturated rings. The topological polar surface area (TPSA) is 53.1 Å². The minimum absolute atomic E-state index is 0.0254. The Balaban J connectivity index is 1.89. The molecule has 146 valence electrons. The van der Waals surface area contributed by atoms with E-state index in [1.807, 2.05) is 19.0 Å². The lowest BCUT2D eigenvalue weighted by Crippen LogP contribution is -2.37. The van der Waals surface area contributed by atoms with Gasteiger partial charge in [0.15, 0.2) is 0 Å². The largest absolute Gasteiger partial charge is 0.378 e. The van der Waals surface area contributed by atoms with Crippen LogP contribution < -0.4 is 8.61 Å². The maximum absolute atomic E-state index is 13.4. The summed E-state index contributed by atoms with van der Waals surface area (Å²) in [5, 5.41) is 0.0254. The van der Waals surface area contributed by atoms with Crippen molar-refractivity contribution in [3.63, 3.8) is 0 Å². The van der Waals surface area contributed by atoms with Crippen LogP contribution in [0.25, 0.3) is 0 Å². The number of hydrogen-bond donors (Lipinski definition) is 0. The first kappa shape index (κ1) is 19.9.